The molecule has 15 heteroatoms. The van der Waals surface area contributed by atoms with Gasteiger partial charge in [0.05, 0.1) is 76.9 Å². The van der Waals surface area contributed by atoms with Gasteiger partial charge in [-0.2, -0.15) is 9.78 Å². The number of phenolic OH excluding ortho intramolecular Hbond substituents is 2. The lowest BCUT2D eigenvalue weighted by Crippen LogP contribution is -2.64. The molecule has 0 spiro atoms. The highest BCUT2D eigenvalue weighted by Crippen LogP contribution is 2.38. The number of nitrogens with zero attached hydrogens (tertiary/aromatic N) is 11. The van der Waals surface area contributed by atoms with Crippen LogP contribution in [0.4, 0.5) is 11.4 Å². The number of phenols is 2. The minimum Gasteiger partial charge on any atom is -0.507 e. The van der Waals surface area contributed by atoms with Gasteiger partial charge in [0.1, 0.15) is 11.5 Å². The molecule has 6 aromatic heterocycles. The summed E-state index contributed by atoms with van der Waals surface area (Å²) in [5, 5.41) is 34.8. The lowest BCUT2D eigenvalue weighted by Gasteiger charge is -2.43. The fraction of sp³-hybridized carbons (Fsp3) is 0.333. The lowest BCUT2D eigenvalue weighted by atomic mass is 10.0. The van der Waals surface area contributed by atoms with Crippen molar-refractivity contribution < 1.29 is 14.9 Å². The van der Waals surface area contributed by atoms with Gasteiger partial charge in [-0.15, -0.1) is 0 Å². The van der Waals surface area contributed by atoms with E-state index in [-0.39, 0.29) is 23.7 Å². The van der Waals surface area contributed by atoms with Gasteiger partial charge in [-0.1, -0.05) is 16.3 Å². The van der Waals surface area contributed by atoms with Gasteiger partial charge in [0.15, 0.2) is 11.3 Å². The fourth-order valence-electron chi connectivity index (χ4n) is 9.35. The highest BCUT2D eigenvalue weighted by Gasteiger charge is 2.36. The third-order valence-corrected chi connectivity index (χ3v) is 13.0. The third kappa shape index (κ3) is 6.41. The zero-order valence-electron chi connectivity index (χ0n) is 34.8. The minimum atomic E-state index is -0.125. The van der Waals surface area contributed by atoms with Gasteiger partial charge in [-0.3, -0.25) is 14.9 Å². The van der Waals surface area contributed by atoms with Crippen LogP contribution in [0.15, 0.2) is 73.3 Å². The Hall–Kier alpha value is -6.09. The fourth-order valence-corrected chi connectivity index (χ4v) is 9.59. The van der Waals surface area contributed by atoms with Gasteiger partial charge in [0.2, 0.25) is 5.52 Å². The van der Waals surface area contributed by atoms with Crippen molar-refractivity contribution in [2.45, 2.75) is 52.0 Å². The molecule has 306 valence electrons. The first-order valence-corrected chi connectivity index (χ1v) is 20.8. The van der Waals surface area contributed by atoms with Crippen LogP contribution in [0, 0.1) is 6.92 Å². The van der Waals surface area contributed by atoms with Gasteiger partial charge >= 0.3 is 0 Å². The van der Waals surface area contributed by atoms with Gasteiger partial charge in [0, 0.05) is 84.4 Å². The van der Waals surface area contributed by atoms with Gasteiger partial charge < -0.3 is 20.0 Å². The van der Waals surface area contributed by atoms with Crippen molar-refractivity contribution in [2.24, 2.45) is 14.1 Å². The smallest absolute Gasteiger partial charge is 0.254 e. The Bertz CT molecular complexity index is 3010. The molecule has 0 radical (unpaired) electrons. The number of anilines is 2. The van der Waals surface area contributed by atoms with Gasteiger partial charge in [-0.25, -0.2) is 19.9 Å². The van der Waals surface area contributed by atoms with Crippen LogP contribution in [0.5, 0.6) is 11.5 Å². The zero-order chi connectivity index (χ0) is 41.7. The van der Waals surface area contributed by atoms with E-state index in [9.17, 15) is 10.2 Å². The van der Waals surface area contributed by atoms with E-state index in [0.29, 0.717) is 57.5 Å². The number of benzene rings is 2. The van der Waals surface area contributed by atoms with Crippen molar-refractivity contribution >= 4 is 66.8 Å². The molecule has 0 aliphatic carbocycles. The van der Waals surface area contributed by atoms with Crippen LogP contribution in [0.25, 0.3) is 66.4 Å². The molecule has 0 amide bonds. The molecule has 2 unspecified atom stereocenters. The number of halogens is 1. The molecule has 2 aliphatic rings. The summed E-state index contributed by atoms with van der Waals surface area (Å²) in [6.45, 7) is 12.0. The normalized spacial score (nSPS) is 20.3. The van der Waals surface area contributed by atoms with E-state index < -0.39 is 0 Å². The number of hydrogen-bond donors (Lipinski definition) is 3. The summed E-state index contributed by atoms with van der Waals surface area (Å²) in [4.78, 5) is 26.5. The Kier molecular flexibility index (Phi) is 9.08. The summed E-state index contributed by atoms with van der Waals surface area (Å²) < 4.78 is 5.99. The highest BCUT2D eigenvalue weighted by atomic mass is 35.5. The first kappa shape index (κ1) is 38.1. The number of likely N-dealkylation sites (N-methyl/N-ethyl adjacent to an activating group) is 1. The van der Waals surface area contributed by atoms with Crippen LogP contribution in [-0.2, 0) is 14.1 Å². The lowest BCUT2D eigenvalue weighted by molar-refractivity contribution is -0.778. The second kappa shape index (κ2) is 14.3. The van der Waals surface area contributed by atoms with E-state index >= 15 is 0 Å². The molecule has 60 heavy (non-hydrogen) atoms. The van der Waals surface area contributed by atoms with Crippen molar-refractivity contribution in [3.05, 3.63) is 83.9 Å². The quantitative estimate of drug-likeness (QED) is 0.165. The molecule has 14 nitrogen and oxygen atoms in total. The Morgan fingerprint density at radius 1 is 0.750 bits per heavy atom. The molecule has 10 rings (SSSR count). The Balaban J connectivity index is 0.934. The predicted molar refractivity (Wildman–Crippen MR) is 237 cm³/mol. The van der Waals surface area contributed by atoms with Crippen LogP contribution >= 0.6 is 11.6 Å². The summed E-state index contributed by atoms with van der Waals surface area (Å²) in [7, 11) is 6.06. The summed E-state index contributed by atoms with van der Waals surface area (Å²) in [5.74, 6) is 0.238. The second-order valence-electron chi connectivity index (χ2n) is 16.9. The second-order valence-corrected chi connectivity index (χ2v) is 17.3. The Morgan fingerprint density at radius 3 is 2.25 bits per heavy atom. The number of fused-ring (bicyclic) bond motifs is 4. The van der Waals surface area contributed by atoms with Crippen molar-refractivity contribution in [1.82, 2.24) is 44.6 Å². The maximum Gasteiger partial charge on any atom is 0.254 e. The van der Waals surface area contributed by atoms with Gasteiger partial charge in [-0.05, 0) is 76.7 Å². The number of aromatic nitrogens is 8. The number of hydrogen-bond acceptors (Lipinski definition) is 11. The maximum atomic E-state index is 11.6. The molecule has 2 aliphatic heterocycles. The predicted octanol–water partition coefficient (Wildman–Crippen LogP) is 6.47. The summed E-state index contributed by atoms with van der Waals surface area (Å²) in [6.07, 6.45) is 7.66. The Morgan fingerprint density at radius 2 is 1.45 bits per heavy atom. The SMILES string of the molecule is Cc1c(N2C[C@@H](C)N[C@@H]([n+]3c4cc(O)c(-c5cc(Cl)c6cc(N7CC(C)N(C)C(C)C7)cnc6n5)cc4cn3C)C2)cnc2nc(-c3cc4cn(C)nc4cc3O)ccc12. The maximum absolute atomic E-state index is 11.6. The van der Waals surface area contributed by atoms with Crippen LogP contribution in [0.1, 0.15) is 32.5 Å². The van der Waals surface area contributed by atoms with Crippen LogP contribution < -0.4 is 19.8 Å². The molecule has 8 heterocycles. The first-order valence-electron chi connectivity index (χ1n) is 20.4. The van der Waals surface area contributed by atoms with Gasteiger partial charge in [0.25, 0.3) is 6.17 Å². The molecule has 0 bridgehead atoms. The molecule has 0 saturated carbocycles. The van der Waals surface area contributed by atoms with E-state index in [4.69, 9.17) is 31.5 Å². The standard InChI is InChI=1S/C45H47ClN12O2/c1-24-18-57(40-17-48-44-31(27(40)4)8-9-36(50-44)33-10-28-21-53(5)52-37(28)14-41(33)59)23-43(49-24)58-39-15-42(60)34(11-29(39)22-54(58)6)38-13-35(46)32-12-30(16-47-45(32)51-38)56-19-25(2)55(7)26(3)20-56/h8-17,21-22,24-26,43,49H,18-20,23H2,1-7H3,(H,52,59)/p+1/t24-,25?,26?,43+/m1/s1. The molecule has 2 fully saturated rings. The molecular formula is C45H48ClN12O2+. The van der Waals surface area contributed by atoms with Crippen LogP contribution in [0.2, 0.25) is 5.02 Å². The summed E-state index contributed by atoms with van der Waals surface area (Å²) in [6, 6.07) is 16.3. The van der Waals surface area contributed by atoms with Crippen LogP contribution in [-0.4, -0.2) is 101 Å². The van der Waals surface area contributed by atoms with Crippen LogP contribution in [0.3, 0.4) is 0 Å². The molecule has 2 aromatic carbocycles. The summed E-state index contributed by atoms with van der Waals surface area (Å²) in [5.41, 5.74) is 8.35. The number of nitrogens with one attached hydrogen (secondary N) is 1. The molecular weight excluding hydrogens is 776 g/mol. The number of aryl methyl sites for hydroxylation is 3. The molecule has 3 N–H and O–H groups in total. The molecule has 8 aromatic rings. The van der Waals surface area contributed by atoms with E-state index in [1.54, 1.807) is 10.7 Å². The van der Waals surface area contributed by atoms with Crippen molar-refractivity contribution in [1.29, 1.82) is 0 Å². The molecule has 4 atom stereocenters. The Labute approximate surface area is 352 Å². The largest absolute Gasteiger partial charge is 0.507 e. The first-order chi connectivity index (χ1) is 28.8. The van der Waals surface area contributed by atoms with E-state index in [1.807, 2.05) is 69.1 Å². The highest BCUT2D eigenvalue weighted by molar-refractivity contribution is 6.35. The van der Waals surface area contributed by atoms with E-state index in [0.717, 1.165) is 69.2 Å². The van der Waals surface area contributed by atoms with E-state index in [2.05, 4.69) is 81.5 Å². The number of piperazine rings is 2. The summed E-state index contributed by atoms with van der Waals surface area (Å²) >= 11 is 6.95. The number of aromatic hydroxyl groups is 2. The average molecular weight is 824 g/mol. The van der Waals surface area contributed by atoms with Crippen molar-refractivity contribution in [3.63, 3.8) is 0 Å². The molecule has 2 saturated heterocycles. The monoisotopic (exact) mass is 823 g/mol. The van der Waals surface area contributed by atoms with E-state index in [1.165, 1.54) is 0 Å². The minimum absolute atomic E-state index is 0.109. The topological polar surface area (TPSA) is 140 Å². The number of rotatable bonds is 5. The third-order valence-electron chi connectivity index (χ3n) is 12.6. The average Bonchev–Trinajstić information content (AvgIpc) is 3.74. The number of pyridine rings is 4. The van der Waals surface area contributed by atoms with Crippen molar-refractivity contribution in [2.75, 3.05) is 43.0 Å². The zero-order valence-corrected chi connectivity index (χ0v) is 35.5. The van der Waals surface area contributed by atoms with Crippen molar-refractivity contribution in [3.8, 4) is 34.0 Å².